The molecule has 0 aliphatic carbocycles. The molecule has 0 spiro atoms. The number of halogens is 1. The molecule has 2 aromatic rings. The molecule has 0 bridgehead atoms. The maximum absolute atomic E-state index is 5.70. The van der Waals surface area contributed by atoms with Crippen molar-refractivity contribution < 1.29 is 0 Å². The second-order valence-electron chi connectivity index (χ2n) is 3.26. The van der Waals surface area contributed by atoms with Crippen LogP contribution in [0.3, 0.4) is 0 Å². The van der Waals surface area contributed by atoms with E-state index in [1.807, 2.05) is 23.0 Å². The van der Waals surface area contributed by atoms with Crippen LogP contribution in [0.1, 0.15) is 11.1 Å². The van der Waals surface area contributed by atoms with Crippen LogP contribution in [0.25, 0.3) is 5.69 Å². The van der Waals surface area contributed by atoms with Gasteiger partial charge < -0.3 is 0 Å². The van der Waals surface area contributed by atoms with Crippen molar-refractivity contribution in [2.45, 2.75) is 12.8 Å². The standard InChI is InChI=1S/C11H11ClN2/c1-9-2-4-11(5-3-9)14-8-10(6-12)7-13-14/h2-5,7-8H,6H2,1H3. The Bertz CT molecular complexity index is 417. The summed E-state index contributed by atoms with van der Waals surface area (Å²) in [6, 6.07) is 8.22. The number of aryl methyl sites for hydroxylation is 1. The molecule has 1 heterocycles. The third-order valence-corrected chi connectivity index (χ3v) is 2.40. The fourth-order valence-corrected chi connectivity index (χ4v) is 1.41. The highest BCUT2D eigenvalue weighted by Gasteiger charge is 1.98. The van der Waals surface area contributed by atoms with Crippen LogP contribution < -0.4 is 0 Å². The quantitative estimate of drug-likeness (QED) is 0.691. The number of aromatic nitrogens is 2. The van der Waals surface area contributed by atoms with Crippen LogP contribution in [0.4, 0.5) is 0 Å². The van der Waals surface area contributed by atoms with Crippen molar-refractivity contribution >= 4 is 11.6 Å². The fourth-order valence-electron chi connectivity index (χ4n) is 1.27. The Hall–Kier alpha value is -1.28. The van der Waals surface area contributed by atoms with Crippen molar-refractivity contribution in [2.24, 2.45) is 0 Å². The molecule has 3 heteroatoms. The Morgan fingerprint density at radius 2 is 2.00 bits per heavy atom. The number of nitrogens with zero attached hydrogens (tertiary/aromatic N) is 2. The van der Waals surface area contributed by atoms with Crippen LogP contribution >= 0.6 is 11.6 Å². The van der Waals surface area contributed by atoms with Gasteiger partial charge in [-0.25, -0.2) is 4.68 Å². The Labute approximate surface area is 88.1 Å². The normalized spacial score (nSPS) is 10.4. The summed E-state index contributed by atoms with van der Waals surface area (Å²) in [5.41, 5.74) is 3.35. The summed E-state index contributed by atoms with van der Waals surface area (Å²) in [6.45, 7) is 2.07. The third-order valence-electron chi connectivity index (χ3n) is 2.09. The predicted octanol–water partition coefficient (Wildman–Crippen LogP) is 2.92. The van der Waals surface area contributed by atoms with E-state index < -0.39 is 0 Å². The first-order chi connectivity index (χ1) is 6.79. The van der Waals surface area contributed by atoms with Gasteiger partial charge in [-0.2, -0.15) is 5.10 Å². The summed E-state index contributed by atoms with van der Waals surface area (Å²) < 4.78 is 1.83. The third kappa shape index (κ3) is 1.80. The molecule has 0 aliphatic heterocycles. The average molecular weight is 207 g/mol. The molecule has 2 nitrogen and oxygen atoms in total. The van der Waals surface area contributed by atoms with E-state index in [4.69, 9.17) is 11.6 Å². The van der Waals surface area contributed by atoms with Gasteiger partial charge in [0.15, 0.2) is 0 Å². The summed E-state index contributed by atoms with van der Waals surface area (Å²) in [6.07, 6.45) is 3.73. The van der Waals surface area contributed by atoms with Crippen LogP contribution in [-0.2, 0) is 5.88 Å². The van der Waals surface area contributed by atoms with Crippen LogP contribution in [0.5, 0.6) is 0 Å². The predicted molar refractivity (Wildman–Crippen MR) is 57.9 cm³/mol. The number of hydrogen-bond donors (Lipinski definition) is 0. The molecule has 2 rings (SSSR count). The van der Waals surface area contributed by atoms with Crippen LogP contribution in [0, 0.1) is 6.92 Å². The first kappa shape index (κ1) is 9.28. The minimum Gasteiger partial charge on any atom is -0.241 e. The zero-order valence-corrected chi connectivity index (χ0v) is 8.70. The highest BCUT2D eigenvalue weighted by Crippen LogP contribution is 2.10. The zero-order valence-electron chi connectivity index (χ0n) is 7.94. The lowest BCUT2D eigenvalue weighted by molar-refractivity contribution is 0.879. The molecule has 72 valence electrons. The largest absolute Gasteiger partial charge is 0.241 e. The summed E-state index contributed by atoms with van der Waals surface area (Å²) in [7, 11) is 0. The van der Waals surface area contributed by atoms with Gasteiger partial charge in [0.05, 0.1) is 17.8 Å². The molecule has 0 N–H and O–H groups in total. The van der Waals surface area contributed by atoms with Gasteiger partial charge in [0.2, 0.25) is 0 Å². The second kappa shape index (κ2) is 3.84. The van der Waals surface area contributed by atoms with Gasteiger partial charge in [0.1, 0.15) is 0 Å². The lowest BCUT2D eigenvalue weighted by Gasteiger charge is -2.00. The molecule has 0 amide bonds. The van der Waals surface area contributed by atoms with Crippen molar-refractivity contribution in [3.8, 4) is 5.69 Å². The second-order valence-corrected chi connectivity index (χ2v) is 3.53. The van der Waals surface area contributed by atoms with E-state index in [9.17, 15) is 0 Å². The topological polar surface area (TPSA) is 17.8 Å². The van der Waals surface area contributed by atoms with Crippen molar-refractivity contribution in [2.75, 3.05) is 0 Å². The van der Waals surface area contributed by atoms with Crippen molar-refractivity contribution in [3.05, 3.63) is 47.8 Å². The molecular weight excluding hydrogens is 196 g/mol. The van der Waals surface area contributed by atoms with Gasteiger partial charge in [0.25, 0.3) is 0 Å². The SMILES string of the molecule is Cc1ccc(-n2cc(CCl)cn2)cc1. The minimum atomic E-state index is 0.506. The lowest BCUT2D eigenvalue weighted by Crippen LogP contribution is -1.93. The highest BCUT2D eigenvalue weighted by molar-refractivity contribution is 6.17. The van der Waals surface area contributed by atoms with Gasteiger partial charge in [-0.3, -0.25) is 0 Å². The van der Waals surface area contributed by atoms with E-state index in [-0.39, 0.29) is 0 Å². The van der Waals surface area contributed by atoms with Gasteiger partial charge in [-0.15, -0.1) is 11.6 Å². The number of benzene rings is 1. The van der Waals surface area contributed by atoms with Gasteiger partial charge >= 0.3 is 0 Å². The Morgan fingerprint density at radius 1 is 1.29 bits per heavy atom. The Morgan fingerprint density at radius 3 is 2.57 bits per heavy atom. The first-order valence-electron chi connectivity index (χ1n) is 4.46. The maximum atomic E-state index is 5.70. The maximum Gasteiger partial charge on any atom is 0.0645 e. The molecule has 0 fully saturated rings. The lowest BCUT2D eigenvalue weighted by atomic mass is 10.2. The molecule has 0 saturated carbocycles. The zero-order chi connectivity index (χ0) is 9.97. The molecule has 0 radical (unpaired) electrons. The van der Waals surface area contributed by atoms with Crippen molar-refractivity contribution in [1.82, 2.24) is 9.78 Å². The minimum absolute atomic E-state index is 0.506. The fraction of sp³-hybridized carbons (Fsp3) is 0.182. The van der Waals surface area contributed by atoms with E-state index in [0.717, 1.165) is 11.3 Å². The van der Waals surface area contributed by atoms with Gasteiger partial charge in [0, 0.05) is 11.8 Å². The van der Waals surface area contributed by atoms with E-state index in [1.165, 1.54) is 5.56 Å². The average Bonchev–Trinajstić information content (AvgIpc) is 2.67. The summed E-state index contributed by atoms with van der Waals surface area (Å²) in [4.78, 5) is 0. The van der Waals surface area contributed by atoms with Crippen LogP contribution in [0.2, 0.25) is 0 Å². The van der Waals surface area contributed by atoms with E-state index in [2.05, 4.69) is 24.2 Å². The summed E-state index contributed by atoms with van der Waals surface area (Å²) in [5.74, 6) is 0.506. The summed E-state index contributed by atoms with van der Waals surface area (Å²) >= 11 is 5.70. The first-order valence-corrected chi connectivity index (χ1v) is 4.99. The Balaban J connectivity index is 2.34. The molecule has 0 aliphatic rings. The van der Waals surface area contributed by atoms with E-state index in [0.29, 0.717) is 5.88 Å². The van der Waals surface area contributed by atoms with Gasteiger partial charge in [-0.1, -0.05) is 17.7 Å². The number of hydrogen-bond acceptors (Lipinski definition) is 1. The van der Waals surface area contributed by atoms with Crippen molar-refractivity contribution in [1.29, 1.82) is 0 Å². The molecule has 14 heavy (non-hydrogen) atoms. The number of rotatable bonds is 2. The van der Waals surface area contributed by atoms with Crippen LogP contribution in [-0.4, -0.2) is 9.78 Å². The van der Waals surface area contributed by atoms with E-state index >= 15 is 0 Å². The molecule has 0 saturated heterocycles. The molecular formula is C11H11ClN2. The van der Waals surface area contributed by atoms with Crippen molar-refractivity contribution in [3.63, 3.8) is 0 Å². The monoisotopic (exact) mass is 206 g/mol. The Kier molecular flexibility index (Phi) is 2.55. The highest BCUT2D eigenvalue weighted by atomic mass is 35.5. The molecule has 1 aromatic carbocycles. The van der Waals surface area contributed by atoms with Crippen LogP contribution in [0.15, 0.2) is 36.7 Å². The molecule has 1 aromatic heterocycles. The molecule has 0 unspecified atom stereocenters. The van der Waals surface area contributed by atoms with E-state index in [1.54, 1.807) is 6.20 Å². The smallest absolute Gasteiger partial charge is 0.0645 e. The number of alkyl halides is 1. The summed E-state index contributed by atoms with van der Waals surface area (Å²) in [5, 5.41) is 4.22. The van der Waals surface area contributed by atoms with Gasteiger partial charge in [-0.05, 0) is 19.1 Å². The molecule has 0 atom stereocenters.